The highest BCUT2D eigenvalue weighted by Gasteiger charge is 2.25. The standard InChI is InChI=1S/C11H16F3NS/c1-9(10-4-7-16-8-10)15-6-3-2-5-11(12,13)14/h4,7-9,15H,2-3,5-6H2,1H3. The molecule has 0 aromatic carbocycles. The summed E-state index contributed by atoms with van der Waals surface area (Å²) in [6.07, 6.45) is -3.93. The van der Waals surface area contributed by atoms with E-state index in [1.165, 1.54) is 5.56 Å². The van der Waals surface area contributed by atoms with Gasteiger partial charge in [0.15, 0.2) is 0 Å². The fraction of sp³-hybridized carbons (Fsp3) is 0.636. The minimum Gasteiger partial charge on any atom is -0.310 e. The van der Waals surface area contributed by atoms with Crippen LogP contribution in [0.3, 0.4) is 0 Å². The fourth-order valence-electron chi connectivity index (χ4n) is 1.41. The van der Waals surface area contributed by atoms with Crippen LogP contribution >= 0.6 is 11.3 Å². The van der Waals surface area contributed by atoms with Gasteiger partial charge in [-0.3, -0.25) is 0 Å². The van der Waals surface area contributed by atoms with Crippen molar-refractivity contribution in [1.29, 1.82) is 0 Å². The molecule has 0 fully saturated rings. The van der Waals surface area contributed by atoms with Crippen molar-refractivity contribution in [3.63, 3.8) is 0 Å². The zero-order valence-corrected chi connectivity index (χ0v) is 10.00. The molecule has 0 saturated carbocycles. The number of rotatable bonds is 6. The summed E-state index contributed by atoms with van der Waals surface area (Å²) in [6.45, 7) is 2.65. The molecule has 92 valence electrons. The Kier molecular flexibility index (Phi) is 5.28. The maximum Gasteiger partial charge on any atom is 0.389 e. The Bertz CT molecular complexity index is 282. The van der Waals surface area contributed by atoms with Crippen molar-refractivity contribution in [3.8, 4) is 0 Å². The van der Waals surface area contributed by atoms with E-state index in [2.05, 4.69) is 5.32 Å². The quantitative estimate of drug-likeness (QED) is 0.749. The Morgan fingerprint density at radius 3 is 2.69 bits per heavy atom. The maximum atomic E-state index is 11.8. The number of hydrogen-bond acceptors (Lipinski definition) is 2. The molecule has 0 aliphatic heterocycles. The Morgan fingerprint density at radius 1 is 1.38 bits per heavy atom. The Balaban J connectivity index is 2.08. The lowest BCUT2D eigenvalue weighted by Crippen LogP contribution is -2.19. The van der Waals surface area contributed by atoms with Crippen molar-refractivity contribution >= 4 is 11.3 Å². The van der Waals surface area contributed by atoms with E-state index < -0.39 is 12.6 Å². The predicted molar refractivity (Wildman–Crippen MR) is 60.6 cm³/mol. The molecule has 0 radical (unpaired) electrons. The monoisotopic (exact) mass is 251 g/mol. The molecule has 1 nitrogen and oxygen atoms in total. The van der Waals surface area contributed by atoms with Crippen LogP contribution in [0.2, 0.25) is 0 Å². The van der Waals surface area contributed by atoms with Crippen molar-refractivity contribution in [2.75, 3.05) is 6.54 Å². The van der Waals surface area contributed by atoms with Crippen LogP contribution in [0.4, 0.5) is 13.2 Å². The fourth-order valence-corrected chi connectivity index (χ4v) is 2.16. The van der Waals surface area contributed by atoms with Crippen molar-refractivity contribution in [2.24, 2.45) is 0 Å². The summed E-state index contributed by atoms with van der Waals surface area (Å²) < 4.78 is 35.5. The van der Waals surface area contributed by atoms with E-state index in [-0.39, 0.29) is 12.5 Å². The van der Waals surface area contributed by atoms with E-state index in [0.29, 0.717) is 13.0 Å². The van der Waals surface area contributed by atoms with Crippen LogP contribution in [0.25, 0.3) is 0 Å². The summed E-state index contributed by atoms with van der Waals surface area (Å²) in [7, 11) is 0. The van der Waals surface area contributed by atoms with Crippen LogP contribution in [-0.2, 0) is 0 Å². The molecule has 1 N–H and O–H groups in total. The van der Waals surface area contributed by atoms with Gasteiger partial charge in [0.05, 0.1) is 0 Å². The average molecular weight is 251 g/mol. The van der Waals surface area contributed by atoms with E-state index in [0.717, 1.165) is 0 Å². The van der Waals surface area contributed by atoms with Crippen molar-refractivity contribution in [1.82, 2.24) is 5.32 Å². The second-order valence-electron chi connectivity index (χ2n) is 3.80. The van der Waals surface area contributed by atoms with E-state index >= 15 is 0 Å². The minimum atomic E-state index is -4.01. The van der Waals surface area contributed by atoms with Gasteiger partial charge in [-0.2, -0.15) is 24.5 Å². The van der Waals surface area contributed by atoms with Gasteiger partial charge in [0.25, 0.3) is 0 Å². The lowest BCUT2D eigenvalue weighted by Gasteiger charge is -2.12. The summed E-state index contributed by atoms with van der Waals surface area (Å²) in [6, 6.07) is 2.25. The number of alkyl halides is 3. The van der Waals surface area contributed by atoms with Gasteiger partial charge in [0, 0.05) is 12.5 Å². The number of hydrogen-bond donors (Lipinski definition) is 1. The molecule has 16 heavy (non-hydrogen) atoms. The van der Waals surface area contributed by atoms with Crippen molar-refractivity contribution < 1.29 is 13.2 Å². The van der Waals surface area contributed by atoms with Crippen LogP contribution in [0.1, 0.15) is 37.8 Å². The van der Waals surface area contributed by atoms with Gasteiger partial charge in [-0.1, -0.05) is 0 Å². The molecule has 1 rings (SSSR count). The summed E-state index contributed by atoms with van der Waals surface area (Å²) in [4.78, 5) is 0. The van der Waals surface area contributed by atoms with Crippen LogP contribution in [0, 0.1) is 0 Å². The number of nitrogens with one attached hydrogen (secondary N) is 1. The van der Waals surface area contributed by atoms with E-state index in [1.807, 2.05) is 23.8 Å². The normalized spacial score (nSPS) is 14.0. The SMILES string of the molecule is CC(NCCCCC(F)(F)F)c1ccsc1. The third-order valence-corrected chi connectivity index (χ3v) is 3.08. The maximum absolute atomic E-state index is 11.8. The molecule has 1 aromatic rings. The molecule has 5 heteroatoms. The van der Waals surface area contributed by atoms with Crippen molar-refractivity contribution in [2.45, 2.75) is 38.4 Å². The molecule has 1 unspecified atom stereocenters. The molecular weight excluding hydrogens is 235 g/mol. The van der Waals surface area contributed by atoms with Gasteiger partial charge < -0.3 is 5.32 Å². The van der Waals surface area contributed by atoms with Crippen LogP contribution < -0.4 is 5.32 Å². The van der Waals surface area contributed by atoms with Gasteiger partial charge in [-0.25, -0.2) is 0 Å². The zero-order chi connectivity index (χ0) is 12.0. The Morgan fingerprint density at radius 2 is 2.12 bits per heavy atom. The number of halogens is 3. The highest BCUT2D eigenvalue weighted by Crippen LogP contribution is 2.22. The van der Waals surface area contributed by atoms with Crippen molar-refractivity contribution in [3.05, 3.63) is 22.4 Å². The first-order valence-electron chi connectivity index (χ1n) is 5.31. The van der Waals surface area contributed by atoms with Gasteiger partial charge in [-0.05, 0) is 48.7 Å². The van der Waals surface area contributed by atoms with Crippen LogP contribution in [-0.4, -0.2) is 12.7 Å². The second kappa shape index (κ2) is 6.25. The molecule has 0 saturated heterocycles. The van der Waals surface area contributed by atoms with Gasteiger partial charge in [0.2, 0.25) is 0 Å². The first kappa shape index (κ1) is 13.5. The first-order valence-corrected chi connectivity index (χ1v) is 6.25. The van der Waals surface area contributed by atoms with Gasteiger partial charge in [-0.15, -0.1) is 0 Å². The minimum absolute atomic E-state index is 0.201. The Hall–Kier alpha value is -0.550. The van der Waals surface area contributed by atoms with Crippen LogP contribution in [0.5, 0.6) is 0 Å². The molecule has 0 spiro atoms. The molecule has 0 amide bonds. The average Bonchev–Trinajstić information content (AvgIpc) is 2.67. The topological polar surface area (TPSA) is 12.0 Å². The molecule has 1 heterocycles. The summed E-state index contributed by atoms with van der Waals surface area (Å²) >= 11 is 1.63. The number of thiophene rings is 1. The highest BCUT2D eigenvalue weighted by molar-refractivity contribution is 7.07. The van der Waals surface area contributed by atoms with E-state index in [1.54, 1.807) is 11.3 Å². The summed E-state index contributed by atoms with van der Waals surface area (Å²) in [5.41, 5.74) is 1.20. The first-order chi connectivity index (χ1) is 7.49. The van der Waals surface area contributed by atoms with E-state index in [9.17, 15) is 13.2 Å². The predicted octanol–water partition coefficient (Wildman–Crippen LogP) is 4.13. The zero-order valence-electron chi connectivity index (χ0n) is 9.18. The lowest BCUT2D eigenvalue weighted by atomic mass is 10.1. The molecule has 0 bridgehead atoms. The second-order valence-corrected chi connectivity index (χ2v) is 4.58. The summed E-state index contributed by atoms with van der Waals surface area (Å²) in [5, 5.41) is 7.26. The molecular formula is C11H16F3NS. The molecule has 1 aromatic heterocycles. The largest absolute Gasteiger partial charge is 0.389 e. The highest BCUT2D eigenvalue weighted by atomic mass is 32.1. The molecule has 0 aliphatic carbocycles. The van der Waals surface area contributed by atoms with Gasteiger partial charge >= 0.3 is 6.18 Å². The summed E-state index contributed by atoms with van der Waals surface area (Å²) in [5.74, 6) is 0. The third-order valence-electron chi connectivity index (χ3n) is 2.38. The lowest BCUT2D eigenvalue weighted by molar-refractivity contribution is -0.135. The van der Waals surface area contributed by atoms with Gasteiger partial charge in [0.1, 0.15) is 0 Å². The molecule has 0 aliphatic rings. The third kappa shape index (κ3) is 5.51. The Labute approximate surface area is 97.7 Å². The number of unbranched alkanes of at least 4 members (excludes halogenated alkanes) is 1. The van der Waals surface area contributed by atoms with Crippen LogP contribution in [0.15, 0.2) is 16.8 Å². The molecule has 1 atom stereocenters. The smallest absolute Gasteiger partial charge is 0.310 e. The van der Waals surface area contributed by atoms with E-state index in [4.69, 9.17) is 0 Å².